The average Bonchev–Trinajstić information content (AvgIpc) is 2.62. The van der Waals surface area contributed by atoms with E-state index in [9.17, 15) is 15.0 Å². The number of phenolic OH excluding ortho intramolecular Hbond substituents is 1. The van der Waals surface area contributed by atoms with Crippen LogP contribution in [-0.4, -0.2) is 29.3 Å². The Labute approximate surface area is 142 Å². The van der Waals surface area contributed by atoms with Crippen LogP contribution in [0.1, 0.15) is 36.3 Å². The number of phenols is 1. The first-order chi connectivity index (χ1) is 11.6. The quantitative estimate of drug-likeness (QED) is 0.878. The highest BCUT2D eigenvalue weighted by atomic mass is 16.4. The summed E-state index contributed by atoms with van der Waals surface area (Å²) in [6, 6.07) is 14.7. The monoisotopic (exact) mass is 325 g/mol. The predicted molar refractivity (Wildman–Crippen MR) is 94.7 cm³/mol. The van der Waals surface area contributed by atoms with Gasteiger partial charge in [-0.05, 0) is 61.1 Å². The molecule has 0 aromatic heterocycles. The lowest BCUT2D eigenvalue weighted by Crippen LogP contribution is -2.29. The van der Waals surface area contributed by atoms with E-state index in [1.807, 2.05) is 12.1 Å². The first kappa shape index (κ1) is 16.4. The molecule has 1 atom stereocenters. The zero-order valence-corrected chi connectivity index (χ0v) is 13.7. The Hall–Kier alpha value is -2.49. The fraction of sp³-hybridized carbons (Fsp3) is 0.350. The van der Waals surface area contributed by atoms with Crippen molar-refractivity contribution in [3.63, 3.8) is 0 Å². The Bertz CT molecular complexity index is 673. The van der Waals surface area contributed by atoms with Gasteiger partial charge in [-0.1, -0.05) is 24.3 Å². The summed E-state index contributed by atoms with van der Waals surface area (Å²) >= 11 is 0. The average molecular weight is 325 g/mol. The molecule has 2 aromatic carbocycles. The molecule has 24 heavy (non-hydrogen) atoms. The third-order valence-corrected chi connectivity index (χ3v) is 4.69. The molecular formula is C20H23NO3. The lowest BCUT2D eigenvalue weighted by molar-refractivity contribution is -0.138. The normalized spacial score (nSPS) is 15.9. The van der Waals surface area contributed by atoms with E-state index in [-0.39, 0.29) is 5.75 Å². The molecule has 1 unspecified atom stereocenters. The minimum absolute atomic E-state index is 0.147. The van der Waals surface area contributed by atoms with E-state index in [0.29, 0.717) is 12.0 Å². The standard InChI is InChI=1S/C20H23NO3/c22-18-10-6-16(7-11-18)19(20(23)24)14-15-4-8-17(9-5-15)21-12-2-1-3-13-21/h4-11,19,22H,1-3,12-14H2,(H,23,24). The highest BCUT2D eigenvalue weighted by Crippen LogP contribution is 2.25. The molecule has 1 aliphatic heterocycles. The Morgan fingerprint density at radius 3 is 2.17 bits per heavy atom. The summed E-state index contributed by atoms with van der Waals surface area (Å²) < 4.78 is 0. The van der Waals surface area contributed by atoms with Crippen molar-refractivity contribution >= 4 is 11.7 Å². The molecule has 4 heteroatoms. The Morgan fingerprint density at radius 1 is 0.958 bits per heavy atom. The van der Waals surface area contributed by atoms with Crippen molar-refractivity contribution < 1.29 is 15.0 Å². The van der Waals surface area contributed by atoms with Crippen molar-refractivity contribution in [2.45, 2.75) is 31.6 Å². The molecule has 4 nitrogen and oxygen atoms in total. The number of carbonyl (C=O) groups is 1. The van der Waals surface area contributed by atoms with Gasteiger partial charge in [0.2, 0.25) is 0 Å². The van der Waals surface area contributed by atoms with Gasteiger partial charge < -0.3 is 15.1 Å². The van der Waals surface area contributed by atoms with Gasteiger partial charge in [-0.2, -0.15) is 0 Å². The lowest BCUT2D eigenvalue weighted by atomic mass is 9.92. The number of benzene rings is 2. The molecule has 0 saturated carbocycles. The molecule has 0 bridgehead atoms. The molecule has 0 spiro atoms. The van der Waals surface area contributed by atoms with Gasteiger partial charge in [-0.15, -0.1) is 0 Å². The number of aromatic hydroxyl groups is 1. The maximum Gasteiger partial charge on any atom is 0.311 e. The van der Waals surface area contributed by atoms with Crippen molar-refractivity contribution in [3.8, 4) is 5.75 Å². The number of rotatable bonds is 5. The van der Waals surface area contributed by atoms with Crippen LogP contribution in [0.3, 0.4) is 0 Å². The minimum atomic E-state index is -0.846. The molecule has 1 fully saturated rings. The number of hydrogen-bond donors (Lipinski definition) is 2. The van der Waals surface area contributed by atoms with E-state index in [1.165, 1.54) is 37.1 Å². The zero-order valence-electron chi connectivity index (χ0n) is 13.7. The van der Waals surface area contributed by atoms with Gasteiger partial charge in [-0.25, -0.2) is 0 Å². The van der Waals surface area contributed by atoms with Crippen molar-refractivity contribution in [1.29, 1.82) is 0 Å². The van der Waals surface area contributed by atoms with Gasteiger partial charge in [0.25, 0.3) is 0 Å². The number of anilines is 1. The summed E-state index contributed by atoms with van der Waals surface area (Å²) in [5, 5.41) is 18.9. The van der Waals surface area contributed by atoms with Crippen molar-refractivity contribution in [2.75, 3.05) is 18.0 Å². The van der Waals surface area contributed by atoms with Crippen molar-refractivity contribution in [1.82, 2.24) is 0 Å². The van der Waals surface area contributed by atoms with Crippen LogP contribution in [0.5, 0.6) is 5.75 Å². The molecular weight excluding hydrogens is 302 g/mol. The van der Waals surface area contributed by atoms with E-state index in [1.54, 1.807) is 12.1 Å². The Morgan fingerprint density at radius 2 is 1.58 bits per heavy atom. The molecule has 3 rings (SSSR count). The molecule has 1 saturated heterocycles. The Kier molecular flexibility index (Phi) is 5.04. The smallest absolute Gasteiger partial charge is 0.311 e. The molecule has 126 valence electrons. The van der Waals surface area contributed by atoms with Crippen LogP contribution >= 0.6 is 0 Å². The summed E-state index contributed by atoms with van der Waals surface area (Å²) in [5.41, 5.74) is 2.94. The summed E-state index contributed by atoms with van der Waals surface area (Å²) in [4.78, 5) is 14.0. The van der Waals surface area contributed by atoms with E-state index < -0.39 is 11.9 Å². The first-order valence-electron chi connectivity index (χ1n) is 8.49. The highest BCUT2D eigenvalue weighted by molar-refractivity contribution is 5.76. The molecule has 0 aliphatic carbocycles. The number of carboxylic acid groups (broad SMARTS) is 1. The van der Waals surface area contributed by atoms with Crippen LogP contribution in [0.25, 0.3) is 0 Å². The van der Waals surface area contributed by atoms with E-state index in [4.69, 9.17) is 0 Å². The van der Waals surface area contributed by atoms with Crippen LogP contribution < -0.4 is 4.90 Å². The largest absolute Gasteiger partial charge is 0.508 e. The Balaban J connectivity index is 1.73. The molecule has 1 aliphatic rings. The lowest BCUT2D eigenvalue weighted by Gasteiger charge is -2.29. The van der Waals surface area contributed by atoms with E-state index in [2.05, 4.69) is 17.0 Å². The number of hydrogen-bond acceptors (Lipinski definition) is 3. The van der Waals surface area contributed by atoms with E-state index in [0.717, 1.165) is 18.7 Å². The van der Waals surface area contributed by atoms with Crippen LogP contribution in [-0.2, 0) is 11.2 Å². The number of nitrogens with zero attached hydrogens (tertiary/aromatic N) is 1. The van der Waals surface area contributed by atoms with Gasteiger partial charge in [0.1, 0.15) is 5.75 Å². The van der Waals surface area contributed by atoms with Crippen LogP contribution in [0.2, 0.25) is 0 Å². The van der Waals surface area contributed by atoms with Crippen LogP contribution in [0.4, 0.5) is 5.69 Å². The summed E-state index contributed by atoms with van der Waals surface area (Å²) in [6.07, 6.45) is 4.23. The second kappa shape index (κ2) is 7.39. The summed E-state index contributed by atoms with van der Waals surface area (Å²) in [7, 11) is 0. The van der Waals surface area contributed by atoms with Gasteiger partial charge in [-0.3, -0.25) is 4.79 Å². The molecule has 1 heterocycles. The SMILES string of the molecule is O=C(O)C(Cc1ccc(N2CCCCC2)cc1)c1ccc(O)cc1. The molecule has 0 amide bonds. The van der Waals surface area contributed by atoms with Gasteiger partial charge in [0.15, 0.2) is 0 Å². The molecule has 2 N–H and O–H groups in total. The molecule has 2 aromatic rings. The number of piperidine rings is 1. The maximum absolute atomic E-state index is 11.6. The summed E-state index contributed by atoms with van der Waals surface area (Å²) in [5.74, 6) is -1.30. The van der Waals surface area contributed by atoms with Gasteiger partial charge in [0, 0.05) is 18.8 Å². The maximum atomic E-state index is 11.6. The van der Waals surface area contributed by atoms with Crippen molar-refractivity contribution in [2.24, 2.45) is 0 Å². The second-order valence-corrected chi connectivity index (χ2v) is 6.40. The zero-order chi connectivity index (χ0) is 16.9. The number of carboxylic acids is 1. The third-order valence-electron chi connectivity index (χ3n) is 4.69. The minimum Gasteiger partial charge on any atom is -0.508 e. The second-order valence-electron chi connectivity index (χ2n) is 6.40. The predicted octanol–water partition coefficient (Wildman–Crippen LogP) is 3.79. The first-order valence-corrected chi connectivity index (χ1v) is 8.49. The topological polar surface area (TPSA) is 60.8 Å². The van der Waals surface area contributed by atoms with Gasteiger partial charge in [0.05, 0.1) is 5.92 Å². The van der Waals surface area contributed by atoms with Gasteiger partial charge >= 0.3 is 5.97 Å². The summed E-state index contributed by atoms with van der Waals surface area (Å²) in [6.45, 7) is 2.20. The van der Waals surface area contributed by atoms with Crippen LogP contribution in [0.15, 0.2) is 48.5 Å². The van der Waals surface area contributed by atoms with Crippen LogP contribution in [0, 0.1) is 0 Å². The molecule has 0 radical (unpaired) electrons. The fourth-order valence-corrected chi connectivity index (χ4v) is 3.29. The number of aliphatic carboxylic acids is 1. The fourth-order valence-electron chi connectivity index (χ4n) is 3.29. The van der Waals surface area contributed by atoms with Crippen molar-refractivity contribution in [3.05, 3.63) is 59.7 Å². The third kappa shape index (κ3) is 3.88. The van der Waals surface area contributed by atoms with E-state index >= 15 is 0 Å². The highest BCUT2D eigenvalue weighted by Gasteiger charge is 2.20.